The lowest BCUT2D eigenvalue weighted by molar-refractivity contribution is 0.0444. The minimum Gasteiger partial charge on any atom is -0.400 e. The second-order valence-electron chi connectivity index (χ2n) is 2.22. The van der Waals surface area contributed by atoms with Gasteiger partial charge in [0.25, 0.3) is 0 Å². The predicted molar refractivity (Wildman–Crippen MR) is 44.3 cm³/mol. The molecule has 1 N–H and O–H groups in total. The Hall–Kier alpha value is -1.68. The maximum Gasteiger partial charge on any atom is 0.346 e. The van der Waals surface area contributed by atoms with Crippen LogP contribution in [0.3, 0.4) is 0 Å². The Morgan fingerprint density at radius 3 is 1.77 bits per heavy atom. The molecule has 1 aromatic rings. The average Bonchev–Trinajstić information content (AvgIpc) is 2.47. The molecule has 4 nitrogen and oxygen atoms in total. The number of carbonyl (C=O) groups is 2. The third-order valence-corrected chi connectivity index (χ3v) is 1.55. The smallest absolute Gasteiger partial charge is 0.346 e. The van der Waals surface area contributed by atoms with E-state index in [9.17, 15) is 9.59 Å². The van der Waals surface area contributed by atoms with Crippen molar-refractivity contribution in [1.29, 1.82) is 0 Å². The summed E-state index contributed by atoms with van der Waals surface area (Å²) in [6.45, 7) is 0. The zero-order valence-electron chi connectivity index (χ0n) is 6.98. The molecule has 1 aliphatic rings. The van der Waals surface area contributed by atoms with E-state index in [1.165, 1.54) is 0 Å². The number of ether oxygens (including phenoxy) is 1. The Morgan fingerprint density at radius 2 is 1.38 bits per heavy atom. The van der Waals surface area contributed by atoms with E-state index in [-0.39, 0.29) is 0 Å². The van der Waals surface area contributed by atoms with Crippen LogP contribution < -0.4 is 0 Å². The van der Waals surface area contributed by atoms with E-state index < -0.39 is 11.9 Å². The van der Waals surface area contributed by atoms with Gasteiger partial charge in [0.1, 0.15) is 0 Å². The van der Waals surface area contributed by atoms with Gasteiger partial charge in [-0.25, -0.2) is 9.59 Å². The number of carbonyl (C=O) groups excluding carboxylic acids is 2. The van der Waals surface area contributed by atoms with E-state index >= 15 is 0 Å². The summed E-state index contributed by atoms with van der Waals surface area (Å²) < 4.78 is 4.35. The highest BCUT2D eigenvalue weighted by Crippen LogP contribution is 2.18. The highest BCUT2D eigenvalue weighted by atomic mass is 16.6. The quantitative estimate of drug-likeness (QED) is 0.469. The van der Waals surface area contributed by atoms with Gasteiger partial charge in [-0.15, -0.1) is 0 Å². The van der Waals surface area contributed by atoms with Crippen LogP contribution in [0.15, 0.2) is 24.3 Å². The number of rotatable bonds is 0. The zero-order chi connectivity index (χ0) is 9.84. The first-order valence-corrected chi connectivity index (χ1v) is 3.59. The molecule has 13 heavy (non-hydrogen) atoms. The first kappa shape index (κ1) is 9.41. The molecule has 0 atom stereocenters. The Labute approximate surface area is 74.8 Å². The number of cyclic esters (lactones) is 2. The van der Waals surface area contributed by atoms with E-state index in [0.717, 1.165) is 7.11 Å². The first-order chi connectivity index (χ1) is 6.29. The van der Waals surface area contributed by atoms with E-state index in [1.807, 2.05) is 0 Å². The van der Waals surface area contributed by atoms with Crippen LogP contribution in [0, 0.1) is 0 Å². The van der Waals surface area contributed by atoms with Crippen LogP contribution in [0.4, 0.5) is 0 Å². The van der Waals surface area contributed by atoms with Gasteiger partial charge in [-0.1, -0.05) is 12.1 Å². The minimum atomic E-state index is -0.550. The summed E-state index contributed by atoms with van der Waals surface area (Å²) in [4.78, 5) is 21.7. The second kappa shape index (κ2) is 3.82. The standard InChI is InChI=1S/C8H4O3.CH4O/c9-7-5-3-1-2-4-6(5)8(10)11-7;1-2/h1-4H;2H,1H3. The molecule has 2 rings (SSSR count). The van der Waals surface area contributed by atoms with Crippen molar-refractivity contribution in [2.24, 2.45) is 0 Å². The number of hydrogen-bond acceptors (Lipinski definition) is 4. The second-order valence-corrected chi connectivity index (χ2v) is 2.22. The third-order valence-electron chi connectivity index (χ3n) is 1.55. The average molecular weight is 180 g/mol. The summed E-state index contributed by atoms with van der Waals surface area (Å²) in [5, 5.41) is 7.00. The van der Waals surface area contributed by atoms with Crippen LogP contribution in [-0.4, -0.2) is 24.2 Å². The van der Waals surface area contributed by atoms with Crippen molar-refractivity contribution in [3.05, 3.63) is 35.4 Å². The van der Waals surface area contributed by atoms with Gasteiger partial charge < -0.3 is 9.84 Å². The lowest BCUT2D eigenvalue weighted by atomic mass is 10.1. The zero-order valence-corrected chi connectivity index (χ0v) is 6.98. The first-order valence-electron chi connectivity index (χ1n) is 3.59. The Kier molecular flexibility index (Phi) is 2.76. The van der Waals surface area contributed by atoms with Crippen LogP contribution in [0.5, 0.6) is 0 Å². The molecule has 1 heterocycles. The molecule has 0 saturated heterocycles. The lowest BCUT2D eigenvalue weighted by Gasteiger charge is -1.86. The largest absolute Gasteiger partial charge is 0.400 e. The summed E-state index contributed by atoms with van der Waals surface area (Å²) in [5.41, 5.74) is 0.718. The normalized spacial score (nSPS) is 12.8. The molecular weight excluding hydrogens is 172 g/mol. The van der Waals surface area contributed by atoms with Crippen molar-refractivity contribution in [3.8, 4) is 0 Å². The molecule has 68 valence electrons. The highest BCUT2D eigenvalue weighted by Gasteiger charge is 2.28. The van der Waals surface area contributed by atoms with Crippen molar-refractivity contribution >= 4 is 11.9 Å². The molecule has 0 fully saturated rings. The van der Waals surface area contributed by atoms with Gasteiger partial charge in [0, 0.05) is 7.11 Å². The summed E-state index contributed by atoms with van der Waals surface area (Å²) in [6.07, 6.45) is 0. The van der Waals surface area contributed by atoms with Crippen LogP contribution >= 0.6 is 0 Å². The Bertz CT molecular complexity index is 310. The van der Waals surface area contributed by atoms with Crippen LogP contribution in [0.25, 0.3) is 0 Å². The van der Waals surface area contributed by atoms with Gasteiger partial charge >= 0.3 is 11.9 Å². The van der Waals surface area contributed by atoms with Crippen molar-refractivity contribution in [3.63, 3.8) is 0 Å². The van der Waals surface area contributed by atoms with Crippen LogP contribution in [0.1, 0.15) is 20.7 Å². The van der Waals surface area contributed by atoms with E-state index in [2.05, 4.69) is 4.74 Å². The maximum absolute atomic E-state index is 10.8. The summed E-state index contributed by atoms with van der Waals surface area (Å²) in [7, 11) is 1.00. The molecule has 1 aliphatic heterocycles. The summed E-state index contributed by atoms with van der Waals surface area (Å²) in [5.74, 6) is -1.10. The van der Waals surface area contributed by atoms with Crippen molar-refractivity contribution in [2.45, 2.75) is 0 Å². The Balaban J connectivity index is 0.000000396. The maximum atomic E-state index is 10.8. The van der Waals surface area contributed by atoms with Gasteiger partial charge in [0.2, 0.25) is 0 Å². The van der Waals surface area contributed by atoms with Crippen molar-refractivity contribution in [1.82, 2.24) is 0 Å². The molecule has 1 aromatic carbocycles. The SMILES string of the molecule is CO.O=C1OC(=O)c2ccccc21. The predicted octanol–water partition coefficient (Wildman–Crippen LogP) is 0.606. The molecule has 0 bridgehead atoms. The fourth-order valence-corrected chi connectivity index (χ4v) is 1.03. The van der Waals surface area contributed by atoms with Crippen LogP contribution in [0.2, 0.25) is 0 Å². The fraction of sp³-hybridized carbons (Fsp3) is 0.111. The molecular formula is C9H8O4. The number of esters is 2. The summed E-state index contributed by atoms with van der Waals surface area (Å²) in [6, 6.07) is 6.53. The Morgan fingerprint density at radius 1 is 1.00 bits per heavy atom. The van der Waals surface area contributed by atoms with Gasteiger partial charge in [-0.05, 0) is 12.1 Å². The molecule has 0 aromatic heterocycles. The molecule has 0 saturated carbocycles. The lowest BCUT2D eigenvalue weighted by Crippen LogP contribution is -1.96. The number of aliphatic hydroxyl groups excluding tert-OH is 1. The fourth-order valence-electron chi connectivity index (χ4n) is 1.03. The number of fused-ring (bicyclic) bond motifs is 1. The van der Waals surface area contributed by atoms with E-state index in [0.29, 0.717) is 11.1 Å². The van der Waals surface area contributed by atoms with Crippen molar-refractivity contribution < 1.29 is 19.4 Å². The van der Waals surface area contributed by atoms with Crippen LogP contribution in [-0.2, 0) is 4.74 Å². The monoisotopic (exact) mass is 180 g/mol. The highest BCUT2D eigenvalue weighted by molar-refractivity contribution is 6.14. The molecule has 0 radical (unpaired) electrons. The van der Waals surface area contributed by atoms with Gasteiger partial charge in [0.15, 0.2) is 0 Å². The van der Waals surface area contributed by atoms with Gasteiger partial charge in [-0.2, -0.15) is 0 Å². The number of aliphatic hydroxyl groups is 1. The molecule has 0 spiro atoms. The molecule has 0 amide bonds. The topological polar surface area (TPSA) is 63.6 Å². The molecule has 4 heteroatoms. The molecule has 0 aliphatic carbocycles. The molecule has 0 unspecified atom stereocenters. The summed E-state index contributed by atoms with van der Waals surface area (Å²) >= 11 is 0. The van der Waals surface area contributed by atoms with Gasteiger partial charge in [-0.3, -0.25) is 0 Å². The van der Waals surface area contributed by atoms with Crippen molar-refractivity contribution in [2.75, 3.05) is 7.11 Å². The third kappa shape index (κ3) is 1.57. The number of benzene rings is 1. The van der Waals surface area contributed by atoms with Gasteiger partial charge in [0.05, 0.1) is 11.1 Å². The van der Waals surface area contributed by atoms with E-state index in [4.69, 9.17) is 5.11 Å². The minimum absolute atomic E-state index is 0.359. The number of hydrogen-bond donors (Lipinski definition) is 1. The van der Waals surface area contributed by atoms with E-state index in [1.54, 1.807) is 24.3 Å².